The van der Waals surface area contributed by atoms with Gasteiger partial charge in [0, 0.05) is 24.2 Å². The number of non-ortho nitro benzene ring substituents is 1. The van der Waals surface area contributed by atoms with Crippen molar-refractivity contribution in [2.24, 2.45) is 5.92 Å². The fraction of sp³-hybridized carbons (Fsp3) is 0.600. The molecule has 22 heavy (non-hydrogen) atoms. The van der Waals surface area contributed by atoms with Crippen molar-refractivity contribution in [1.29, 1.82) is 0 Å². The molecule has 0 aliphatic carbocycles. The van der Waals surface area contributed by atoms with Gasteiger partial charge in [0.05, 0.1) is 12.0 Å². The highest BCUT2D eigenvalue weighted by atomic mass is 35.5. The fourth-order valence-corrected chi connectivity index (χ4v) is 2.88. The Morgan fingerprint density at radius 1 is 1.41 bits per heavy atom. The monoisotopic (exact) mass is 329 g/mol. The van der Waals surface area contributed by atoms with Crippen LogP contribution < -0.4 is 10.1 Å². The van der Waals surface area contributed by atoms with Gasteiger partial charge in [0.15, 0.2) is 0 Å². The summed E-state index contributed by atoms with van der Waals surface area (Å²) >= 11 is 0. The number of hydrogen-bond acceptors (Lipinski definition) is 5. The molecule has 1 heterocycles. The van der Waals surface area contributed by atoms with Crippen molar-refractivity contribution < 1.29 is 9.66 Å². The van der Waals surface area contributed by atoms with Crippen LogP contribution in [0, 0.1) is 16.0 Å². The molecule has 1 saturated heterocycles. The van der Waals surface area contributed by atoms with Crippen molar-refractivity contribution in [1.82, 2.24) is 10.2 Å². The van der Waals surface area contributed by atoms with E-state index in [0.29, 0.717) is 6.54 Å². The van der Waals surface area contributed by atoms with Gasteiger partial charge in [-0.05, 0) is 51.5 Å². The summed E-state index contributed by atoms with van der Waals surface area (Å²) in [6.07, 6.45) is 2.33. The highest BCUT2D eigenvalue weighted by Crippen LogP contribution is 2.27. The second-order valence-corrected chi connectivity index (χ2v) is 5.53. The molecule has 0 aromatic heterocycles. The maximum Gasteiger partial charge on any atom is 0.270 e. The number of piperidine rings is 1. The first-order valence-corrected chi connectivity index (χ1v) is 7.32. The molecule has 2 rings (SSSR count). The summed E-state index contributed by atoms with van der Waals surface area (Å²) < 4.78 is 5.32. The van der Waals surface area contributed by atoms with Crippen LogP contribution in [0.25, 0.3) is 0 Å². The lowest BCUT2D eigenvalue weighted by Crippen LogP contribution is -2.36. The molecule has 6 nitrogen and oxygen atoms in total. The van der Waals surface area contributed by atoms with Crippen LogP contribution in [0.1, 0.15) is 18.4 Å². The average Bonchev–Trinajstić information content (AvgIpc) is 2.49. The number of nitro benzene ring substituents is 1. The number of likely N-dealkylation sites (tertiary alicyclic amines) is 1. The van der Waals surface area contributed by atoms with Crippen molar-refractivity contribution in [2.75, 3.05) is 33.8 Å². The highest BCUT2D eigenvalue weighted by Gasteiger charge is 2.20. The first-order valence-electron chi connectivity index (χ1n) is 7.32. The maximum atomic E-state index is 10.9. The standard InChI is InChI=1S/C15H23N3O3.ClH/c1-16-10-12-5-7-17(8-6-12)11-13-9-14(18(19)20)3-4-15(13)21-2;/h3-4,9,12,16H,5-8,10-11H2,1-2H3;1H. The molecular weight excluding hydrogens is 306 g/mol. The van der Waals surface area contributed by atoms with E-state index in [4.69, 9.17) is 4.74 Å². The second-order valence-electron chi connectivity index (χ2n) is 5.53. The largest absolute Gasteiger partial charge is 0.496 e. The third-order valence-corrected chi connectivity index (χ3v) is 4.07. The minimum atomic E-state index is -0.359. The molecule has 7 heteroatoms. The van der Waals surface area contributed by atoms with Crippen LogP contribution in [0.5, 0.6) is 5.75 Å². The number of methoxy groups -OCH3 is 1. The topological polar surface area (TPSA) is 67.6 Å². The van der Waals surface area contributed by atoms with E-state index < -0.39 is 0 Å². The lowest BCUT2D eigenvalue weighted by atomic mass is 9.96. The lowest BCUT2D eigenvalue weighted by molar-refractivity contribution is -0.385. The van der Waals surface area contributed by atoms with E-state index in [1.165, 1.54) is 6.07 Å². The fourth-order valence-electron chi connectivity index (χ4n) is 2.88. The van der Waals surface area contributed by atoms with E-state index in [-0.39, 0.29) is 23.0 Å². The zero-order valence-corrected chi connectivity index (χ0v) is 13.9. The Bertz CT molecular complexity index is 491. The molecule has 1 aliphatic heterocycles. The van der Waals surface area contributed by atoms with Gasteiger partial charge in [-0.1, -0.05) is 0 Å². The average molecular weight is 330 g/mol. The predicted molar refractivity (Wildman–Crippen MR) is 88.8 cm³/mol. The molecule has 124 valence electrons. The van der Waals surface area contributed by atoms with Crippen LogP contribution in [0.15, 0.2) is 18.2 Å². The van der Waals surface area contributed by atoms with Gasteiger partial charge in [-0.25, -0.2) is 0 Å². The Labute approximate surface area is 137 Å². The summed E-state index contributed by atoms with van der Waals surface area (Å²) in [6.45, 7) is 3.82. The molecule has 0 unspecified atom stereocenters. The van der Waals surface area contributed by atoms with Gasteiger partial charge in [-0.3, -0.25) is 15.0 Å². The number of ether oxygens (including phenoxy) is 1. The van der Waals surface area contributed by atoms with E-state index in [0.717, 1.165) is 49.7 Å². The van der Waals surface area contributed by atoms with Gasteiger partial charge in [0.2, 0.25) is 0 Å². The Kier molecular flexibility index (Phi) is 7.58. The molecule has 0 radical (unpaired) electrons. The Morgan fingerprint density at radius 3 is 2.64 bits per heavy atom. The Morgan fingerprint density at radius 2 is 2.09 bits per heavy atom. The SMILES string of the molecule is CNCC1CCN(Cc2cc([N+](=O)[O-])ccc2OC)CC1.Cl. The van der Waals surface area contributed by atoms with Crippen molar-refractivity contribution >= 4 is 18.1 Å². The first kappa shape index (κ1) is 18.7. The van der Waals surface area contributed by atoms with Crippen molar-refractivity contribution in [3.63, 3.8) is 0 Å². The molecule has 0 atom stereocenters. The van der Waals surface area contributed by atoms with Crippen molar-refractivity contribution in [2.45, 2.75) is 19.4 Å². The predicted octanol–water partition coefficient (Wildman–Crippen LogP) is 2.46. The zero-order chi connectivity index (χ0) is 15.2. The molecule has 1 aliphatic rings. The van der Waals surface area contributed by atoms with Gasteiger partial charge in [0.1, 0.15) is 5.75 Å². The van der Waals surface area contributed by atoms with Crippen LogP contribution in [-0.2, 0) is 6.54 Å². The molecule has 0 bridgehead atoms. The highest BCUT2D eigenvalue weighted by molar-refractivity contribution is 5.85. The molecule has 1 N–H and O–H groups in total. The number of rotatable bonds is 6. The summed E-state index contributed by atoms with van der Waals surface area (Å²) in [7, 11) is 3.59. The van der Waals surface area contributed by atoms with E-state index in [1.54, 1.807) is 19.2 Å². The van der Waals surface area contributed by atoms with Gasteiger partial charge in [0.25, 0.3) is 5.69 Å². The summed E-state index contributed by atoms with van der Waals surface area (Å²) in [5.74, 6) is 1.45. The van der Waals surface area contributed by atoms with Crippen LogP contribution >= 0.6 is 12.4 Å². The minimum absolute atomic E-state index is 0. The van der Waals surface area contributed by atoms with Gasteiger partial charge >= 0.3 is 0 Å². The molecule has 0 amide bonds. The van der Waals surface area contributed by atoms with E-state index >= 15 is 0 Å². The summed E-state index contributed by atoms with van der Waals surface area (Å²) in [5, 5.41) is 14.1. The summed E-state index contributed by atoms with van der Waals surface area (Å²) in [6, 6.07) is 4.79. The molecule has 1 aromatic carbocycles. The van der Waals surface area contributed by atoms with E-state index in [1.807, 2.05) is 7.05 Å². The third-order valence-electron chi connectivity index (χ3n) is 4.07. The Hall–Kier alpha value is -1.37. The van der Waals surface area contributed by atoms with E-state index in [2.05, 4.69) is 10.2 Å². The number of nitrogens with zero attached hydrogens (tertiary/aromatic N) is 2. The summed E-state index contributed by atoms with van der Waals surface area (Å²) in [5.41, 5.74) is 1.01. The van der Waals surface area contributed by atoms with E-state index in [9.17, 15) is 10.1 Å². The maximum absolute atomic E-state index is 10.9. The van der Waals surface area contributed by atoms with Crippen molar-refractivity contribution in [3.05, 3.63) is 33.9 Å². The third kappa shape index (κ3) is 4.83. The quantitative estimate of drug-likeness (QED) is 0.641. The van der Waals surface area contributed by atoms with Crippen LogP contribution in [0.4, 0.5) is 5.69 Å². The van der Waals surface area contributed by atoms with Crippen LogP contribution in [0.2, 0.25) is 0 Å². The van der Waals surface area contributed by atoms with Crippen molar-refractivity contribution in [3.8, 4) is 5.75 Å². The van der Waals surface area contributed by atoms with Gasteiger partial charge in [-0.2, -0.15) is 0 Å². The number of nitro groups is 1. The second kappa shape index (κ2) is 8.92. The number of halogens is 1. The molecule has 1 aromatic rings. The normalized spacial score (nSPS) is 16.1. The van der Waals surface area contributed by atoms with Crippen LogP contribution in [0.3, 0.4) is 0 Å². The minimum Gasteiger partial charge on any atom is -0.496 e. The molecule has 1 fully saturated rings. The molecular formula is C15H24ClN3O3. The Balaban J connectivity index is 0.00000242. The van der Waals surface area contributed by atoms with Gasteiger partial charge in [-0.15, -0.1) is 12.4 Å². The van der Waals surface area contributed by atoms with Gasteiger partial charge < -0.3 is 10.1 Å². The summed E-state index contributed by atoms with van der Waals surface area (Å²) in [4.78, 5) is 12.9. The first-order chi connectivity index (χ1) is 10.1. The number of hydrogen-bond donors (Lipinski definition) is 1. The number of benzene rings is 1. The lowest BCUT2D eigenvalue weighted by Gasteiger charge is -2.32. The molecule has 0 spiro atoms. The van der Waals surface area contributed by atoms with Crippen LogP contribution in [-0.4, -0.2) is 43.6 Å². The molecule has 0 saturated carbocycles. The zero-order valence-electron chi connectivity index (χ0n) is 13.1. The smallest absolute Gasteiger partial charge is 0.270 e. The number of nitrogens with one attached hydrogen (secondary N) is 1.